The fourth-order valence-electron chi connectivity index (χ4n) is 1.73. The molecule has 2 N–H and O–H groups in total. The van der Waals surface area contributed by atoms with Gasteiger partial charge in [0.1, 0.15) is 5.03 Å². The first-order valence-corrected chi connectivity index (χ1v) is 7.28. The van der Waals surface area contributed by atoms with Crippen molar-refractivity contribution in [2.45, 2.75) is 16.7 Å². The predicted molar refractivity (Wildman–Crippen MR) is 73.8 cm³/mol. The molecule has 0 saturated carbocycles. The molecule has 0 spiro atoms. The molecule has 0 saturated heterocycles. The van der Waals surface area contributed by atoms with E-state index in [9.17, 15) is 4.79 Å². The van der Waals surface area contributed by atoms with Gasteiger partial charge in [-0.1, -0.05) is 0 Å². The van der Waals surface area contributed by atoms with Crippen molar-refractivity contribution >= 4 is 28.1 Å². The van der Waals surface area contributed by atoms with E-state index in [1.807, 2.05) is 23.0 Å². The molecule has 0 amide bonds. The lowest BCUT2D eigenvalue weighted by atomic mass is 10.5. The molecule has 9 heteroatoms. The number of hydrogen-bond acceptors (Lipinski definition) is 6. The Kier molecular flexibility index (Phi) is 3.17. The molecule has 3 aromatic rings. The lowest BCUT2D eigenvalue weighted by Gasteiger charge is -2.02. The van der Waals surface area contributed by atoms with Gasteiger partial charge in [0.15, 0.2) is 10.1 Å². The van der Waals surface area contributed by atoms with Crippen LogP contribution in [0.4, 0.5) is 0 Å². The number of rotatable bonds is 4. The summed E-state index contributed by atoms with van der Waals surface area (Å²) in [6.07, 6.45) is 1.99. The van der Waals surface area contributed by atoms with E-state index >= 15 is 0 Å². The van der Waals surface area contributed by atoms with E-state index in [2.05, 4.69) is 20.5 Å². The van der Waals surface area contributed by atoms with Crippen molar-refractivity contribution in [3.05, 3.63) is 27.8 Å². The summed E-state index contributed by atoms with van der Waals surface area (Å²) in [6.45, 7) is 0.707. The third-order valence-corrected chi connectivity index (χ3v) is 4.52. The van der Waals surface area contributed by atoms with Crippen molar-refractivity contribution in [1.82, 2.24) is 29.5 Å². The molecule has 0 aliphatic heterocycles. The fourth-order valence-corrected chi connectivity index (χ4v) is 3.43. The summed E-state index contributed by atoms with van der Waals surface area (Å²) in [7, 11) is 3.58. The molecule has 0 atom stereocenters. The maximum Gasteiger partial charge on any atom is 0.343 e. The Morgan fingerprint density at radius 2 is 2.42 bits per heavy atom. The average Bonchev–Trinajstić information content (AvgIpc) is 3.04. The number of imidazole rings is 1. The van der Waals surface area contributed by atoms with Gasteiger partial charge >= 0.3 is 5.69 Å². The number of aromatic nitrogens is 5. The smallest absolute Gasteiger partial charge is 0.314 e. The Bertz CT molecular complexity index is 767. The predicted octanol–water partition coefficient (Wildman–Crippen LogP) is 0.688. The van der Waals surface area contributed by atoms with Crippen LogP contribution in [0.3, 0.4) is 0 Å². The Morgan fingerprint density at radius 3 is 3.11 bits per heavy atom. The number of aromatic amines is 1. The van der Waals surface area contributed by atoms with Crippen molar-refractivity contribution in [2.24, 2.45) is 7.05 Å². The van der Waals surface area contributed by atoms with Crippen LogP contribution in [0.2, 0.25) is 0 Å². The second-order valence-electron chi connectivity index (χ2n) is 3.92. The van der Waals surface area contributed by atoms with Crippen LogP contribution in [0.5, 0.6) is 0 Å². The third-order valence-electron chi connectivity index (χ3n) is 2.70. The van der Waals surface area contributed by atoms with E-state index in [-0.39, 0.29) is 5.69 Å². The molecular weight excluding hydrogens is 284 g/mol. The molecule has 3 aromatic heterocycles. The molecule has 100 valence electrons. The molecule has 3 rings (SSSR count). The van der Waals surface area contributed by atoms with Crippen LogP contribution < -0.4 is 11.0 Å². The highest BCUT2D eigenvalue weighted by Gasteiger charge is 2.16. The van der Waals surface area contributed by atoms with Gasteiger partial charge < -0.3 is 5.32 Å². The van der Waals surface area contributed by atoms with Gasteiger partial charge in [0.2, 0.25) is 0 Å². The molecule has 0 unspecified atom stereocenters. The molecule has 0 radical (unpaired) electrons. The second kappa shape index (κ2) is 4.83. The van der Waals surface area contributed by atoms with E-state index < -0.39 is 0 Å². The van der Waals surface area contributed by atoms with Gasteiger partial charge in [0.25, 0.3) is 0 Å². The zero-order valence-electron chi connectivity index (χ0n) is 10.4. The number of hydrogen-bond donors (Lipinski definition) is 2. The van der Waals surface area contributed by atoms with Crippen LogP contribution >= 0.6 is 23.1 Å². The summed E-state index contributed by atoms with van der Waals surface area (Å²) in [5.74, 6) is 0. The number of nitrogens with zero attached hydrogens (tertiary/aromatic N) is 4. The molecule has 7 nitrogen and oxygen atoms in total. The summed E-state index contributed by atoms with van der Waals surface area (Å²) in [4.78, 5) is 16.9. The Hall–Kier alpha value is -1.58. The molecule has 0 aliphatic carbocycles. The van der Waals surface area contributed by atoms with E-state index in [4.69, 9.17) is 0 Å². The van der Waals surface area contributed by atoms with Crippen molar-refractivity contribution in [3.63, 3.8) is 0 Å². The van der Waals surface area contributed by atoms with E-state index in [1.165, 1.54) is 16.3 Å². The minimum Gasteiger partial charge on any atom is -0.314 e. The van der Waals surface area contributed by atoms with Crippen LogP contribution in [0, 0.1) is 0 Å². The molecule has 19 heavy (non-hydrogen) atoms. The number of fused-ring (bicyclic) bond motifs is 1. The number of thiazole rings is 1. The summed E-state index contributed by atoms with van der Waals surface area (Å²) in [5.41, 5.74) is 0.845. The maximum absolute atomic E-state index is 11.4. The standard InChI is InChI=1S/C10H12N6OS2/c1-11-5-6-7(12-9-16(6)3-4-18-9)19-10-14-13-8(17)15(10)2/h3-4,11H,5H2,1-2H3,(H,13,17). The van der Waals surface area contributed by atoms with Gasteiger partial charge in [-0.15, -0.1) is 16.4 Å². The van der Waals surface area contributed by atoms with Gasteiger partial charge in [0.05, 0.1) is 5.69 Å². The fraction of sp³-hybridized carbons (Fsp3) is 0.300. The van der Waals surface area contributed by atoms with Gasteiger partial charge in [0, 0.05) is 25.2 Å². The first-order chi connectivity index (χ1) is 9.20. The lowest BCUT2D eigenvalue weighted by Crippen LogP contribution is -2.13. The molecule has 0 aliphatic rings. The van der Waals surface area contributed by atoms with E-state index in [1.54, 1.807) is 18.4 Å². The highest BCUT2D eigenvalue weighted by molar-refractivity contribution is 7.99. The zero-order valence-corrected chi connectivity index (χ0v) is 12.0. The van der Waals surface area contributed by atoms with Crippen LogP contribution in [-0.2, 0) is 13.6 Å². The van der Waals surface area contributed by atoms with E-state index in [0.29, 0.717) is 11.7 Å². The molecule has 3 heterocycles. The topological polar surface area (TPSA) is 80.0 Å². The SMILES string of the molecule is CNCc1c(Sc2n[nH]c(=O)n2C)nc2sccn12. The molecule has 0 aromatic carbocycles. The summed E-state index contributed by atoms with van der Waals surface area (Å²) >= 11 is 2.97. The summed E-state index contributed by atoms with van der Waals surface area (Å²) < 4.78 is 3.52. The Balaban J connectivity index is 2.04. The van der Waals surface area contributed by atoms with Crippen LogP contribution in [0.15, 0.2) is 26.6 Å². The lowest BCUT2D eigenvalue weighted by molar-refractivity contribution is 0.753. The number of H-pyrrole nitrogens is 1. The molecular formula is C10H12N6OS2. The Labute approximate surface area is 116 Å². The monoisotopic (exact) mass is 296 g/mol. The quantitative estimate of drug-likeness (QED) is 0.740. The average molecular weight is 296 g/mol. The van der Waals surface area contributed by atoms with Crippen LogP contribution in [0.1, 0.15) is 5.69 Å². The van der Waals surface area contributed by atoms with Crippen molar-refractivity contribution < 1.29 is 0 Å². The summed E-state index contributed by atoms with van der Waals surface area (Å²) in [5, 5.41) is 13.0. The molecule has 0 bridgehead atoms. The van der Waals surface area contributed by atoms with Crippen LogP contribution in [-0.4, -0.2) is 31.2 Å². The first-order valence-electron chi connectivity index (χ1n) is 5.59. The van der Waals surface area contributed by atoms with Gasteiger partial charge in [-0.05, 0) is 18.8 Å². The highest BCUT2D eigenvalue weighted by atomic mass is 32.2. The van der Waals surface area contributed by atoms with Gasteiger partial charge in [-0.3, -0.25) is 8.97 Å². The van der Waals surface area contributed by atoms with E-state index in [0.717, 1.165) is 15.7 Å². The second-order valence-corrected chi connectivity index (χ2v) is 5.75. The van der Waals surface area contributed by atoms with Crippen LogP contribution in [0.25, 0.3) is 4.96 Å². The normalized spacial score (nSPS) is 11.5. The van der Waals surface area contributed by atoms with Crippen molar-refractivity contribution in [3.8, 4) is 0 Å². The summed E-state index contributed by atoms with van der Waals surface area (Å²) in [6, 6.07) is 0. The highest BCUT2D eigenvalue weighted by Crippen LogP contribution is 2.29. The van der Waals surface area contributed by atoms with Gasteiger partial charge in [-0.25, -0.2) is 14.9 Å². The first kappa shape index (κ1) is 12.5. The maximum atomic E-state index is 11.4. The van der Waals surface area contributed by atoms with Crippen molar-refractivity contribution in [2.75, 3.05) is 7.05 Å². The minimum atomic E-state index is -0.223. The number of nitrogens with one attached hydrogen (secondary N) is 2. The minimum absolute atomic E-state index is 0.223. The van der Waals surface area contributed by atoms with Gasteiger partial charge in [-0.2, -0.15) is 0 Å². The Morgan fingerprint density at radius 1 is 1.58 bits per heavy atom. The van der Waals surface area contributed by atoms with Crippen molar-refractivity contribution in [1.29, 1.82) is 0 Å². The zero-order chi connectivity index (χ0) is 13.4. The largest absolute Gasteiger partial charge is 0.343 e. The molecule has 0 fully saturated rings. The third kappa shape index (κ3) is 2.09.